The molecule has 14 heavy (non-hydrogen) atoms. The molecule has 1 N–H and O–H groups in total. The van der Waals surface area contributed by atoms with Gasteiger partial charge >= 0.3 is 92.4 Å². The number of rotatable bonds is 3. The number of hydrogen-bond donors (Lipinski definition) is 1. The average Bonchev–Trinajstić information content (AvgIpc) is 2.72. The van der Waals surface area contributed by atoms with Gasteiger partial charge in [-0.3, -0.25) is 0 Å². The minimum absolute atomic E-state index is 0.0920. The molecule has 0 radical (unpaired) electrons. The molecule has 5 heteroatoms. The first kappa shape index (κ1) is 9.70. The van der Waals surface area contributed by atoms with Crippen molar-refractivity contribution < 1.29 is 25.6 Å². The number of oxazole rings is 1. The van der Waals surface area contributed by atoms with Crippen LogP contribution in [0.5, 0.6) is 0 Å². The van der Waals surface area contributed by atoms with Gasteiger partial charge in [-0.15, -0.1) is 0 Å². The molecule has 0 amide bonds. The van der Waals surface area contributed by atoms with Gasteiger partial charge in [0.1, 0.15) is 0 Å². The fraction of sp³-hybridized carbons (Fsp3) is 0.333. The van der Waals surface area contributed by atoms with Crippen molar-refractivity contribution >= 4 is 0 Å². The van der Waals surface area contributed by atoms with E-state index in [9.17, 15) is 0 Å². The summed E-state index contributed by atoms with van der Waals surface area (Å²) in [7, 11) is 0. The van der Waals surface area contributed by atoms with Gasteiger partial charge in [0.25, 0.3) is 0 Å². The zero-order chi connectivity index (χ0) is 9.97. The number of hydrogen-bond acceptors (Lipinski definition) is 3. The third-order valence-electron chi connectivity index (χ3n) is 1.67. The van der Waals surface area contributed by atoms with Crippen LogP contribution in [-0.4, -0.2) is 15.0 Å². The van der Waals surface area contributed by atoms with E-state index in [0.29, 0.717) is 0 Å². The second-order valence-corrected chi connectivity index (χ2v) is 5.64. The van der Waals surface area contributed by atoms with Crippen LogP contribution < -0.4 is 21.2 Å². The third-order valence-corrected chi connectivity index (χ3v) is 4.07. The number of aryl methyl sites for hydroxylation is 2. The van der Waals surface area contributed by atoms with Gasteiger partial charge in [0.15, 0.2) is 0 Å². The number of imidazole rings is 1. The first-order chi connectivity index (χ1) is 6.74. The van der Waals surface area contributed by atoms with Crippen molar-refractivity contribution in [1.29, 1.82) is 0 Å². The van der Waals surface area contributed by atoms with Gasteiger partial charge in [-0.1, -0.05) is 0 Å². The molecule has 0 saturated heterocycles. The molecule has 0 atom stereocenters. The molecule has 0 aliphatic heterocycles. The standard InChI is InChI=1S/C9H11IN3O/c1-6-4-12-9(14-6)3-10-8-5-11-7(2)13-8/h4-5H,3H2,1-2H3,(H,11,13)/q-1. The van der Waals surface area contributed by atoms with Crippen molar-refractivity contribution in [2.45, 2.75) is 18.3 Å². The van der Waals surface area contributed by atoms with Gasteiger partial charge in [-0.05, 0) is 0 Å². The van der Waals surface area contributed by atoms with E-state index in [4.69, 9.17) is 4.42 Å². The van der Waals surface area contributed by atoms with Crippen LogP contribution in [0.4, 0.5) is 0 Å². The van der Waals surface area contributed by atoms with Crippen molar-refractivity contribution in [3.8, 4) is 0 Å². The number of halogens is 1. The summed E-state index contributed by atoms with van der Waals surface area (Å²) in [5, 5.41) is 0. The molecule has 0 spiro atoms. The first-order valence-electron chi connectivity index (χ1n) is 4.26. The molecule has 76 valence electrons. The summed E-state index contributed by atoms with van der Waals surface area (Å²) < 4.78 is 7.55. The molecule has 0 bridgehead atoms. The molecule has 0 saturated carbocycles. The zero-order valence-corrected chi connectivity index (χ0v) is 10.2. The van der Waals surface area contributed by atoms with Gasteiger partial charge < -0.3 is 0 Å². The summed E-state index contributed by atoms with van der Waals surface area (Å²) in [4.78, 5) is 11.5. The summed E-state index contributed by atoms with van der Waals surface area (Å²) in [6, 6.07) is 0. The quantitative estimate of drug-likeness (QED) is 0.553. The van der Waals surface area contributed by atoms with Gasteiger partial charge in [-0.2, -0.15) is 0 Å². The van der Waals surface area contributed by atoms with E-state index in [1.54, 1.807) is 6.20 Å². The van der Waals surface area contributed by atoms with E-state index < -0.39 is 0 Å². The van der Waals surface area contributed by atoms with Crippen molar-refractivity contribution in [3.05, 3.63) is 33.6 Å². The van der Waals surface area contributed by atoms with Gasteiger partial charge in [-0.25, -0.2) is 0 Å². The third kappa shape index (κ3) is 2.34. The van der Waals surface area contributed by atoms with Crippen LogP contribution >= 0.6 is 0 Å². The van der Waals surface area contributed by atoms with Crippen molar-refractivity contribution in [1.82, 2.24) is 15.0 Å². The predicted octanol–water partition coefficient (Wildman–Crippen LogP) is -1.53. The Hall–Kier alpha value is -0.850. The SMILES string of the molecule is Cc1ncc([I-]Cc2ncc(C)o2)[nH]1. The Morgan fingerprint density at radius 2 is 2.21 bits per heavy atom. The maximum atomic E-state index is 5.39. The zero-order valence-electron chi connectivity index (χ0n) is 8.04. The summed E-state index contributed by atoms with van der Waals surface area (Å²) >= 11 is -0.0920. The van der Waals surface area contributed by atoms with Crippen molar-refractivity contribution in [2.75, 3.05) is 0 Å². The Morgan fingerprint density at radius 3 is 2.79 bits per heavy atom. The van der Waals surface area contributed by atoms with Crippen LogP contribution in [0.25, 0.3) is 0 Å². The maximum absolute atomic E-state index is 5.39. The van der Waals surface area contributed by atoms with Crippen LogP contribution in [0.15, 0.2) is 16.8 Å². The Kier molecular flexibility index (Phi) is 2.85. The number of alkyl halides is 1. The van der Waals surface area contributed by atoms with Gasteiger partial charge in [0.05, 0.1) is 0 Å². The first-order valence-corrected chi connectivity index (χ1v) is 6.86. The predicted molar refractivity (Wildman–Crippen MR) is 47.0 cm³/mol. The fourth-order valence-corrected chi connectivity index (χ4v) is 3.06. The van der Waals surface area contributed by atoms with Crippen LogP contribution in [-0.2, 0) is 4.43 Å². The molecule has 2 rings (SSSR count). The van der Waals surface area contributed by atoms with E-state index in [2.05, 4.69) is 15.0 Å². The Morgan fingerprint density at radius 1 is 1.36 bits per heavy atom. The molecular formula is C9H11IN3O-. The molecule has 4 nitrogen and oxygen atoms in total. The molecule has 2 aromatic heterocycles. The number of H-pyrrole nitrogens is 1. The minimum atomic E-state index is -0.0920. The normalized spacial score (nSPS) is 11.0. The second-order valence-electron chi connectivity index (χ2n) is 2.95. The molecule has 0 aliphatic rings. The molecule has 0 unspecified atom stereocenters. The molecule has 0 aromatic carbocycles. The fourth-order valence-electron chi connectivity index (χ4n) is 1.05. The molecule has 0 fully saturated rings. The van der Waals surface area contributed by atoms with E-state index in [-0.39, 0.29) is 21.2 Å². The number of aromatic amines is 1. The van der Waals surface area contributed by atoms with Crippen LogP contribution in [0, 0.1) is 17.5 Å². The average molecular weight is 304 g/mol. The Balaban J connectivity index is 1.94. The van der Waals surface area contributed by atoms with Crippen LogP contribution in [0.2, 0.25) is 0 Å². The molecule has 2 heterocycles. The Bertz CT molecular complexity index is 381. The van der Waals surface area contributed by atoms with Gasteiger partial charge in [0.2, 0.25) is 0 Å². The molecule has 2 aromatic rings. The van der Waals surface area contributed by atoms with Crippen molar-refractivity contribution in [3.63, 3.8) is 0 Å². The van der Waals surface area contributed by atoms with E-state index in [1.165, 1.54) is 3.70 Å². The number of nitrogens with zero attached hydrogens (tertiary/aromatic N) is 2. The summed E-state index contributed by atoms with van der Waals surface area (Å²) in [5.41, 5.74) is 0. The number of aromatic nitrogens is 3. The second kappa shape index (κ2) is 4.12. The van der Waals surface area contributed by atoms with Crippen LogP contribution in [0.1, 0.15) is 17.5 Å². The van der Waals surface area contributed by atoms with Crippen LogP contribution in [0.3, 0.4) is 0 Å². The van der Waals surface area contributed by atoms with Crippen molar-refractivity contribution in [2.24, 2.45) is 0 Å². The molecule has 0 aliphatic carbocycles. The molecular weight excluding hydrogens is 293 g/mol. The summed E-state index contributed by atoms with van der Waals surface area (Å²) in [6.45, 7) is 3.87. The topological polar surface area (TPSA) is 54.7 Å². The summed E-state index contributed by atoms with van der Waals surface area (Å²) in [6.07, 6.45) is 3.66. The van der Waals surface area contributed by atoms with E-state index in [1.807, 2.05) is 20.0 Å². The number of nitrogens with one attached hydrogen (secondary N) is 1. The van der Waals surface area contributed by atoms with Gasteiger partial charge in [0, 0.05) is 0 Å². The summed E-state index contributed by atoms with van der Waals surface area (Å²) in [5.74, 6) is 2.69. The monoisotopic (exact) mass is 304 g/mol. The van der Waals surface area contributed by atoms with E-state index in [0.717, 1.165) is 21.9 Å². The van der Waals surface area contributed by atoms with E-state index >= 15 is 0 Å². The Labute approximate surface area is 92.4 Å².